The standard InChI is InChI=1S/C24H20N4O2S3/c1-15-3-7-17(8-4-15)21-25-19(11-29-21)13-31-23-27-28-24(33-23)32-14-20-12-30-22(26-20)18-9-5-16(2)6-10-18/h3-12H,13-14H2,1-2H3. The van der Waals surface area contributed by atoms with Crippen LogP contribution in [0.1, 0.15) is 22.5 Å². The molecule has 0 aliphatic rings. The minimum atomic E-state index is 0.636. The van der Waals surface area contributed by atoms with Crippen LogP contribution in [0.25, 0.3) is 22.9 Å². The summed E-state index contributed by atoms with van der Waals surface area (Å²) in [6.45, 7) is 4.12. The quantitative estimate of drug-likeness (QED) is 0.213. The van der Waals surface area contributed by atoms with E-state index in [4.69, 9.17) is 8.83 Å². The van der Waals surface area contributed by atoms with Crippen LogP contribution >= 0.6 is 34.9 Å². The third-order valence-electron chi connectivity index (χ3n) is 4.78. The number of aromatic nitrogens is 4. The maximum atomic E-state index is 5.63. The lowest BCUT2D eigenvalue weighted by Crippen LogP contribution is -1.83. The summed E-state index contributed by atoms with van der Waals surface area (Å²) in [5.74, 6) is 2.63. The van der Waals surface area contributed by atoms with Gasteiger partial charge in [-0.15, -0.1) is 10.2 Å². The lowest BCUT2D eigenvalue weighted by molar-refractivity contribution is 0.573. The van der Waals surface area contributed by atoms with Crippen LogP contribution in [0.3, 0.4) is 0 Å². The second-order valence-corrected chi connectivity index (χ2v) is 10.9. The molecule has 5 aromatic rings. The van der Waals surface area contributed by atoms with Crippen molar-refractivity contribution < 1.29 is 8.83 Å². The average Bonchev–Trinajstić information content (AvgIpc) is 3.58. The molecular weight excluding hydrogens is 472 g/mol. The summed E-state index contributed by atoms with van der Waals surface area (Å²) in [7, 11) is 0. The molecule has 0 bridgehead atoms. The van der Waals surface area contributed by atoms with Crippen molar-refractivity contribution in [3.8, 4) is 22.9 Å². The highest BCUT2D eigenvalue weighted by Crippen LogP contribution is 2.33. The Hall–Kier alpha value is -2.88. The summed E-state index contributed by atoms with van der Waals surface area (Å²) >= 11 is 4.78. The molecule has 0 saturated carbocycles. The second kappa shape index (κ2) is 9.94. The molecule has 5 rings (SSSR count). The van der Waals surface area contributed by atoms with Gasteiger partial charge in [-0.3, -0.25) is 0 Å². The summed E-state index contributed by atoms with van der Waals surface area (Å²) < 4.78 is 13.1. The predicted octanol–water partition coefficient (Wildman–Crippen LogP) is 7.05. The fourth-order valence-electron chi connectivity index (χ4n) is 2.99. The Morgan fingerprint density at radius 1 is 0.667 bits per heavy atom. The minimum Gasteiger partial charge on any atom is -0.444 e. The molecule has 3 heterocycles. The topological polar surface area (TPSA) is 77.8 Å². The van der Waals surface area contributed by atoms with Gasteiger partial charge in [-0.1, -0.05) is 70.3 Å². The highest BCUT2D eigenvalue weighted by molar-refractivity contribution is 8.02. The summed E-state index contributed by atoms with van der Waals surface area (Å²) in [4.78, 5) is 9.17. The van der Waals surface area contributed by atoms with E-state index in [0.29, 0.717) is 23.3 Å². The van der Waals surface area contributed by atoms with E-state index in [1.54, 1.807) is 47.4 Å². The Morgan fingerprint density at radius 3 is 1.52 bits per heavy atom. The van der Waals surface area contributed by atoms with Crippen LogP contribution in [0.15, 0.2) is 78.6 Å². The van der Waals surface area contributed by atoms with Gasteiger partial charge in [0.15, 0.2) is 8.68 Å². The number of rotatable bonds is 8. The highest BCUT2D eigenvalue weighted by Gasteiger charge is 2.12. The monoisotopic (exact) mass is 492 g/mol. The van der Waals surface area contributed by atoms with E-state index in [2.05, 4.69) is 58.3 Å². The van der Waals surface area contributed by atoms with E-state index in [9.17, 15) is 0 Å². The van der Waals surface area contributed by atoms with Gasteiger partial charge in [0.1, 0.15) is 12.5 Å². The molecule has 0 radical (unpaired) electrons. The van der Waals surface area contributed by atoms with Gasteiger partial charge in [0, 0.05) is 22.6 Å². The number of aryl methyl sites for hydroxylation is 2. The van der Waals surface area contributed by atoms with Crippen molar-refractivity contribution in [1.29, 1.82) is 0 Å². The van der Waals surface area contributed by atoms with E-state index in [1.807, 2.05) is 24.3 Å². The van der Waals surface area contributed by atoms with E-state index < -0.39 is 0 Å². The summed E-state index contributed by atoms with van der Waals surface area (Å²) in [5.41, 5.74) is 6.13. The zero-order valence-corrected chi connectivity index (χ0v) is 20.5. The minimum absolute atomic E-state index is 0.636. The number of hydrogen-bond acceptors (Lipinski definition) is 9. The maximum Gasteiger partial charge on any atom is 0.226 e. The van der Waals surface area contributed by atoms with Gasteiger partial charge in [0.2, 0.25) is 11.8 Å². The third kappa shape index (κ3) is 5.55. The first-order valence-electron chi connectivity index (χ1n) is 10.2. The Bertz CT molecular complexity index is 1240. The lowest BCUT2D eigenvalue weighted by Gasteiger charge is -1.95. The number of nitrogens with zero attached hydrogens (tertiary/aromatic N) is 4. The molecule has 0 fully saturated rings. The Morgan fingerprint density at radius 2 is 1.09 bits per heavy atom. The molecule has 0 aliphatic carbocycles. The smallest absolute Gasteiger partial charge is 0.226 e. The molecule has 0 saturated heterocycles. The first-order chi connectivity index (χ1) is 16.1. The zero-order chi connectivity index (χ0) is 22.6. The van der Waals surface area contributed by atoms with Crippen molar-refractivity contribution >= 4 is 34.9 Å². The van der Waals surface area contributed by atoms with Gasteiger partial charge in [-0.25, -0.2) is 9.97 Å². The predicted molar refractivity (Wildman–Crippen MR) is 132 cm³/mol. The molecule has 0 unspecified atom stereocenters. The Kier molecular flexibility index (Phi) is 6.61. The summed E-state index contributed by atoms with van der Waals surface area (Å²) in [6.07, 6.45) is 3.41. The van der Waals surface area contributed by atoms with Crippen molar-refractivity contribution in [2.45, 2.75) is 34.0 Å². The van der Waals surface area contributed by atoms with Crippen molar-refractivity contribution in [2.24, 2.45) is 0 Å². The van der Waals surface area contributed by atoms with Gasteiger partial charge in [-0.2, -0.15) is 0 Å². The molecule has 6 nitrogen and oxygen atoms in total. The number of benzene rings is 2. The van der Waals surface area contributed by atoms with Crippen LogP contribution in [0.2, 0.25) is 0 Å². The second-order valence-electron chi connectivity index (χ2n) is 7.43. The van der Waals surface area contributed by atoms with E-state index >= 15 is 0 Å². The van der Waals surface area contributed by atoms with E-state index in [0.717, 1.165) is 31.2 Å². The fourth-order valence-corrected chi connectivity index (χ4v) is 5.76. The largest absolute Gasteiger partial charge is 0.444 e. The molecule has 3 aromatic heterocycles. The zero-order valence-electron chi connectivity index (χ0n) is 18.0. The molecule has 33 heavy (non-hydrogen) atoms. The normalized spacial score (nSPS) is 11.2. The van der Waals surface area contributed by atoms with E-state index in [1.165, 1.54) is 11.1 Å². The molecule has 0 atom stereocenters. The van der Waals surface area contributed by atoms with Gasteiger partial charge >= 0.3 is 0 Å². The number of hydrogen-bond donors (Lipinski definition) is 0. The average molecular weight is 493 g/mol. The van der Waals surface area contributed by atoms with Crippen molar-refractivity contribution in [1.82, 2.24) is 20.2 Å². The van der Waals surface area contributed by atoms with Gasteiger partial charge < -0.3 is 8.83 Å². The van der Waals surface area contributed by atoms with Crippen molar-refractivity contribution in [3.63, 3.8) is 0 Å². The fraction of sp³-hybridized carbons (Fsp3) is 0.167. The highest BCUT2D eigenvalue weighted by atomic mass is 32.2. The van der Waals surface area contributed by atoms with Gasteiger partial charge in [0.05, 0.1) is 11.4 Å². The lowest BCUT2D eigenvalue weighted by atomic mass is 10.1. The van der Waals surface area contributed by atoms with Gasteiger partial charge in [-0.05, 0) is 38.1 Å². The number of thioether (sulfide) groups is 2. The first kappa shape index (κ1) is 21.9. The van der Waals surface area contributed by atoms with Crippen LogP contribution in [0.4, 0.5) is 0 Å². The van der Waals surface area contributed by atoms with Crippen LogP contribution in [0.5, 0.6) is 0 Å². The molecule has 9 heteroatoms. The van der Waals surface area contributed by atoms with Crippen LogP contribution < -0.4 is 0 Å². The van der Waals surface area contributed by atoms with Gasteiger partial charge in [0.25, 0.3) is 0 Å². The third-order valence-corrected chi connectivity index (χ3v) is 8.03. The van der Waals surface area contributed by atoms with Crippen molar-refractivity contribution in [3.05, 3.63) is 83.6 Å². The van der Waals surface area contributed by atoms with Crippen LogP contribution in [-0.4, -0.2) is 20.2 Å². The molecule has 2 aromatic carbocycles. The molecule has 0 spiro atoms. The first-order valence-corrected chi connectivity index (χ1v) is 13.0. The van der Waals surface area contributed by atoms with Crippen LogP contribution in [0, 0.1) is 13.8 Å². The molecule has 0 N–H and O–H groups in total. The summed E-state index contributed by atoms with van der Waals surface area (Å²) in [5, 5.41) is 8.58. The molecule has 0 aliphatic heterocycles. The summed E-state index contributed by atoms with van der Waals surface area (Å²) in [6, 6.07) is 16.3. The molecular formula is C24H20N4O2S3. The van der Waals surface area contributed by atoms with Crippen molar-refractivity contribution in [2.75, 3.05) is 0 Å². The maximum absolute atomic E-state index is 5.63. The Balaban J connectivity index is 1.14. The molecule has 166 valence electrons. The number of oxazole rings is 2. The Labute approximate surface area is 203 Å². The molecule has 0 amide bonds. The SMILES string of the molecule is Cc1ccc(-c2nc(CSc3nnc(SCc4coc(-c5ccc(C)cc5)n4)s3)co2)cc1. The van der Waals surface area contributed by atoms with E-state index in [-0.39, 0.29) is 0 Å². The van der Waals surface area contributed by atoms with Crippen LogP contribution in [-0.2, 0) is 11.5 Å².